The highest BCUT2D eigenvalue weighted by atomic mass is 35.5. The first kappa shape index (κ1) is 17.3. The Hall–Kier alpha value is -1.07. The molecule has 0 bridgehead atoms. The average molecular weight is 327 g/mol. The molecular formula is C16H27ClN4O. The smallest absolute Gasteiger partial charge is 0.219 e. The third-order valence-corrected chi connectivity index (χ3v) is 4.90. The van der Waals surface area contributed by atoms with E-state index in [4.69, 9.17) is 11.6 Å². The Labute approximate surface area is 138 Å². The van der Waals surface area contributed by atoms with Crippen LogP contribution in [-0.2, 0) is 18.4 Å². The molecule has 1 aromatic rings. The average Bonchev–Trinajstić information content (AvgIpc) is 2.73. The summed E-state index contributed by atoms with van der Waals surface area (Å²) in [5, 5.41) is 8.16. The van der Waals surface area contributed by atoms with E-state index in [0.29, 0.717) is 12.3 Å². The standard InChI is InChI=1S/C16H27ClN4O/c1-4-5-15(22)18-10-13-6-8-21(9-7-13)11-14-12(2)19-20(3)16(14)17/h13H,4-11H2,1-3H3,(H,18,22). The van der Waals surface area contributed by atoms with Gasteiger partial charge < -0.3 is 5.32 Å². The second-order valence-corrected chi connectivity index (χ2v) is 6.61. The van der Waals surface area contributed by atoms with Gasteiger partial charge in [-0.2, -0.15) is 5.10 Å². The summed E-state index contributed by atoms with van der Waals surface area (Å²) in [7, 11) is 1.88. The summed E-state index contributed by atoms with van der Waals surface area (Å²) >= 11 is 6.30. The quantitative estimate of drug-likeness (QED) is 0.874. The van der Waals surface area contributed by atoms with Crippen LogP contribution in [0.15, 0.2) is 0 Å². The van der Waals surface area contributed by atoms with Crippen LogP contribution < -0.4 is 5.32 Å². The van der Waals surface area contributed by atoms with E-state index in [1.165, 1.54) is 0 Å². The molecule has 0 aromatic carbocycles. The van der Waals surface area contributed by atoms with Gasteiger partial charge >= 0.3 is 0 Å². The van der Waals surface area contributed by atoms with E-state index in [-0.39, 0.29) is 5.91 Å². The highest BCUT2D eigenvalue weighted by Crippen LogP contribution is 2.24. The number of aryl methyl sites for hydroxylation is 2. The first-order valence-corrected chi connectivity index (χ1v) is 8.56. The first-order chi connectivity index (χ1) is 10.5. The molecule has 1 aromatic heterocycles. The lowest BCUT2D eigenvalue weighted by Crippen LogP contribution is -2.38. The van der Waals surface area contributed by atoms with Gasteiger partial charge in [0.25, 0.3) is 0 Å². The van der Waals surface area contributed by atoms with Crippen molar-refractivity contribution in [1.29, 1.82) is 0 Å². The number of carbonyl (C=O) groups is 1. The van der Waals surface area contributed by atoms with Gasteiger partial charge in [0.15, 0.2) is 0 Å². The van der Waals surface area contributed by atoms with Crippen molar-refractivity contribution in [2.24, 2.45) is 13.0 Å². The molecule has 0 atom stereocenters. The minimum atomic E-state index is 0.183. The first-order valence-electron chi connectivity index (χ1n) is 8.18. The predicted octanol–water partition coefficient (Wildman–Crippen LogP) is 2.51. The zero-order valence-electron chi connectivity index (χ0n) is 13.9. The molecule has 5 nitrogen and oxygen atoms in total. The van der Waals surface area contributed by atoms with Gasteiger partial charge in [0.2, 0.25) is 5.91 Å². The zero-order valence-corrected chi connectivity index (χ0v) is 14.6. The van der Waals surface area contributed by atoms with Crippen molar-refractivity contribution in [3.63, 3.8) is 0 Å². The molecule has 1 amide bonds. The number of amides is 1. The number of nitrogens with one attached hydrogen (secondary N) is 1. The van der Waals surface area contributed by atoms with Crippen molar-refractivity contribution in [3.05, 3.63) is 16.4 Å². The van der Waals surface area contributed by atoms with Gasteiger partial charge in [-0.05, 0) is 45.2 Å². The van der Waals surface area contributed by atoms with Crippen LogP contribution in [0.3, 0.4) is 0 Å². The van der Waals surface area contributed by atoms with Crippen LogP contribution in [0.2, 0.25) is 5.15 Å². The molecule has 1 aliphatic rings. The number of nitrogens with zero attached hydrogens (tertiary/aromatic N) is 3. The van der Waals surface area contributed by atoms with Crippen molar-refractivity contribution < 1.29 is 4.79 Å². The second-order valence-electron chi connectivity index (χ2n) is 6.25. The van der Waals surface area contributed by atoms with Crippen molar-refractivity contribution in [2.75, 3.05) is 19.6 Å². The molecule has 0 radical (unpaired) electrons. The monoisotopic (exact) mass is 326 g/mol. The van der Waals surface area contributed by atoms with Crippen molar-refractivity contribution >= 4 is 17.5 Å². The molecule has 124 valence electrons. The molecule has 0 unspecified atom stereocenters. The van der Waals surface area contributed by atoms with E-state index in [0.717, 1.165) is 61.9 Å². The van der Waals surface area contributed by atoms with Crippen LogP contribution in [0.4, 0.5) is 0 Å². The van der Waals surface area contributed by atoms with Crippen LogP contribution in [0, 0.1) is 12.8 Å². The molecule has 1 aliphatic heterocycles. The van der Waals surface area contributed by atoms with E-state index < -0.39 is 0 Å². The number of hydrogen-bond acceptors (Lipinski definition) is 3. The van der Waals surface area contributed by atoms with E-state index in [2.05, 4.69) is 15.3 Å². The number of rotatable bonds is 6. The molecule has 1 fully saturated rings. The number of halogens is 1. The van der Waals surface area contributed by atoms with Crippen molar-refractivity contribution in [1.82, 2.24) is 20.0 Å². The summed E-state index contributed by atoms with van der Waals surface area (Å²) in [6.45, 7) is 7.84. The van der Waals surface area contributed by atoms with Gasteiger partial charge in [0.05, 0.1) is 5.69 Å². The number of hydrogen-bond donors (Lipinski definition) is 1. The van der Waals surface area contributed by atoms with Crippen LogP contribution in [0.5, 0.6) is 0 Å². The Kier molecular flexibility index (Phi) is 6.26. The summed E-state index contributed by atoms with van der Waals surface area (Å²) < 4.78 is 1.74. The lowest BCUT2D eigenvalue weighted by atomic mass is 9.96. The minimum Gasteiger partial charge on any atom is -0.356 e. The third kappa shape index (κ3) is 4.46. The van der Waals surface area contributed by atoms with Crippen LogP contribution in [-0.4, -0.2) is 40.2 Å². The molecule has 22 heavy (non-hydrogen) atoms. The third-order valence-electron chi connectivity index (χ3n) is 4.42. The lowest BCUT2D eigenvalue weighted by Gasteiger charge is -2.32. The van der Waals surface area contributed by atoms with E-state index >= 15 is 0 Å². The molecule has 1 saturated heterocycles. The fourth-order valence-corrected chi connectivity index (χ4v) is 3.23. The summed E-state index contributed by atoms with van der Waals surface area (Å²) in [6.07, 6.45) is 3.81. The van der Waals surface area contributed by atoms with Crippen LogP contribution >= 0.6 is 11.6 Å². The Morgan fingerprint density at radius 3 is 2.64 bits per heavy atom. The van der Waals surface area contributed by atoms with Crippen LogP contribution in [0.1, 0.15) is 43.9 Å². The molecular weight excluding hydrogens is 300 g/mol. The minimum absolute atomic E-state index is 0.183. The molecule has 0 spiro atoms. The molecule has 1 N–H and O–H groups in total. The molecule has 0 aliphatic carbocycles. The largest absolute Gasteiger partial charge is 0.356 e. The Morgan fingerprint density at radius 2 is 2.09 bits per heavy atom. The fraction of sp³-hybridized carbons (Fsp3) is 0.750. The maximum absolute atomic E-state index is 11.5. The number of carbonyl (C=O) groups excluding carboxylic acids is 1. The normalized spacial score (nSPS) is 16.9. The highest BCUT2D eigenvalue weighted by Gasteiger charge is 2.22. The predicted molar refractivity (Wildman–Crippen MR) is 88.9 cm³/mol. The Balaban J connectivity index is 1.76. The van der Waals surface area contributed by atoms with E-state index in [1.54, 1.807) is 4.68 Å². The SMILES string of the molecule is CCCC(=O)NCC1CCN(Cc2c(C)nn(C)c2Cl)CC1. The number of piperidine rings is 1. The van der Waals surface area contributed by atoms with Crippen LogP contribution in [0.25, 0.3) is 0 Å². The van der Waals surface area contributed by atoms with Gasteiger partial charge in [-0.3, -0.25) is 14.4 Å². The Bertz CT molecular complexity index is 506. The molecule has 6 heteroatoms. The second kappa shape index (κ2) is 7.97. The molecule has 2 heterocycles. The summed E-state index contributed by atoms with van der Waals surface area (Å²) in [6, 6.07) is 0. The summed E-state index contributed by atoms with van der Waals surface area (Å²) in [5.74, 6) is 0.783. The molecule has 2 rings (SSSR count). The maximum Gasteiger partial charge on any atom is 0.219 e. The Morgan fingerprint density at radius 1 is 1.41 bits per heavy atom. The van der Waals surface area contributed by atoms with Gasteiger partial charge in [-0.1, -0.05) is 18.5 Å². The summed E-state index contributed by atoms with van der Waals surface area (Å²) in [5.41, 5.74) is 2.15. The topological polar surface area (TPSA) is 50.2 Å². The van der Waals surface area contributed by atoms with Gasteiger partial charge in [-0.15, -0.1) is 0 Å². The number of likely N-dealkylation sites (tertiary alicyclic amines) is 1. The van der Waals surface area contributed by atoms with E-state index in [9.17, 15) is 4.79 Å². The van der Waals surface area contributed by atoms with Gasteiger partial charge in [0, 0.05) is 32.1 Å². The highest BCUT2D eigenvalue weighted by molar-refractivity contribution is 6.30. The maximum atomic E-state index is 11.5. The lowest BCUT2D eigenvalue weighted by molar-refractivity contribution is -0.121. The van der Waals surface area contributed by atoms with Crippen molar-refractivity contribution in [3.8, 4) is 0 Å². The number of aromatic nitrogens is 2. The summed E-state index contributed by atoms with van der Waals surface area (Å²) in [4.78, 5) is 14.0. The molecule has 0 saturated carbocycles. The zero-order chi connectivity index (χ0) is 16.1. The van der Waals surface area contributed by atoms with E-state index in [1.807, 2.05) is 20.9 Å². The van der Waals surface area contributed by atoms with Crippen molar-refractivity contribution in [2.45, 2.75) is 46.1 Å². The van der Waals surface area contributed by atoms with Gasteiger partial charge in [0.1, 0.15) is 5.15 Å². The fourth-order valence-electron chi connectivity index (χ4n) is 3.00. The van der Waals surface area contributed by atoms with Gasteiger partial charge in [-0.25, -0.2) is 0 Å².